The van der Waals surface area contributed by atoms with Crippen molar-refractivity contribution in [1.29, 1.82) is 5.26 Å². The summed E-state index contributed by atoms with van der Waals surface area (Å²) < 4.78 is 0. The number of fused-ring (bicyclic) bond motifs is 1. The van der Waals surface area contributed by atoms with Crippen molar-refractivity contribution in [1.82, 2.24) is 4.90 Å². The van der Waals surface area contributed by atoms with Crippen molar-refractivity contribution in [3.8, 4) is 6.07 Å². The number of anilines is 2. The molecule has 1 saturated carbocycles. The molecule has 2 aliphatic rings. The summed E-state index contributed by atoms with van der Waals surface area (Å²) in [5.41, 5.74) is 4.11. The molecule has 2 aromatic carbocycles. The zero-order chi connectivity index (χ0) is 20.2. The third kappa shape index (κ3) is 4.57. The number of urea groups is 1. The van der Waals surface area contributed by atoms with Crippen LogP contribution in [0.25, 0.3) is 0 Å². The van der Waals surface area contributed by atoms with Gasteiger partial charge in [-0.1, -0.05) is 18.9 Å². The van der Waals surface area contributed by atoms with Crippen LogP contribution in [0.4, 0.5) is 16.2 Å². The quantitative estimate of drug-likeness (QED) is 0.801. The number of amides is 3. The molecular formula is C23H24N4O2. The Hall–Kier alpha value is -3.33. The summed E-state index contributed by atoms with van der Waals surface area (Å²) in [6.07, 6.45) is 5.34. The molecule has 6 nitrogen and oxygen atoms in total. The molecule has 2 N–H and O–H groups in total. The Morgan fingerprint density at radius 3 is 2.31 bits per heavy atom. The van der Waals surface area contributed by atoms with E-state index in [1.165, 1.54) is 12.8 Å². The average molecular weight is 388 g/mol. The van der Waals surface area contributed by atoms with Crippen LogP contribution in [0.15, 0.2) is 42.5 Å². The summed E-state index contributed by atoms with van der Waals surface area (Å²) in [5.74, 6) is 0.572. The molecule has 29 heavy (non-hydrogen) atoms. The van der Waals surface area contributed by atoms with Crippen molar-refractivity contribution >= 4 is 23.3 Å². The van der Waals surface area contributed by atoms with E-state index in [0.717, 1.165) is 29.7 Å². The summed E-state index contributed by atoms with van der Waals surface area (Å²) in [7, 11) is 0. The van der Waals surface area contributed by atoms with E-state index in [9.17, 15) is 9.59 Å². The van der Waals surface area contributed by atoms with E-state index < -0.39 is 0 Å². The van der Waals surface area contributed by atoms with Crippen LogP contribution >= 0.6 is 0 Å². The summed E-state index contributed by atoms with van der Waals surface area (Å²) >= 11 is 0. The lowest BCUT2D eigenvalue weighted by molar-refractivity contribution is -0.117. The molecule has 0 saturated heterocycles. The second kappa shape index (κ2) is 8.36. The predicted molar refractivity (Wildman–Crippen MR) is 111 cm³/mol. The molecular weight excluding hydrogens is 364 g/mol. The first-order chi connectivity index (χ1) is 14.1. The van der Waals surface area contributed by atoms with Gasteiger partial charge in [-0.3, -0.25) is 4.79 Å². The molecule has 2 aromatic rings. The van der Waals surface area contributed by atoms with E-state index in [1.54, 1.807) is 35.2 Å². The zero-order valence-corrected chi connectivity index (χ0v) is 16.3. The number of nitrogens with one attached hydrogen (secondary N) is 2. The fourth-order valence-electron chi connectivity index (χ4n) is 4.14. The summed E-state index contributed by atoms with van der Waals surface area (Å²) in [4.78, 5) is 26.4. The molecule has 0 unspecified atom stereocenters. The molecule has 0 spiro atoms. The van der Waals surface area contributed by atoms with E-state index in [-0.39, 0.29) is 11.9 Å². The highest BCUT2D eigenvalue weighted by Crippen LogP contribution is 2.28. The number of benzene rings is 2. The molecule has 3 amide bonds. The number of carbonyl (C=O) groups excluding carboxylic acids is 2. The second-order valence-corrected chi connectivity index (χ2v) is 7.86. The minimum absolute atomic E-state index is 0.0558. The molecule has 1 aliphatic heterocycles. The molecule has 1 fully saturated rings. The van der Waals surface area contributed by atoms with E-state index in [1.807, 2.05) is 12.1 Å². The van der Waals surface area contributed by atoms with Gasteiger partial charge in [0.25, 0.3) is 0 Å². The van der Waals surface area contributed by atoms with Crippen molar-refractivity contribution in [3.05, 3.63) is 59.2 Å². The Bertz CT molecular complexity index is 956. The molecule has 0 atom stereocenters. The fourth-order valence-corrected chi connectivity index (χ4v) is 4.14. The summed E-state index contributed by atoms with van der Waals surface area (Å²) in [5, 5.41) is 14.9. The van der Waals surface area contributed by atoms with Gasteiger partial charge in [0.2, 0.25) is 5.91 Å². The van der Waals surface area contributed by atoms with Crippen molar-refractivity contribution in [3.63, 3.8) is 0 Å². The van der Waals surface area contributed by atoms with Crippen LogP contribution < -0.4 is 10.6 Å². The van der Waals surface area contributed by atoms with E-state index in [0.29, 0.717) is 36.7 Å². The SMILES string of the molecule is N#Cc1ccc2c(c1)CN(C(=O)Nc1ccc(NC(=O)CC3CCCC3)cc1)C2. The largest absolute Gasteiger partial charge is 0.326 e. The highest BCUT2D eigenvalue weighted by molar-refractivity contribution is 5.92. The Morgan fingerprint density at radius 2 is 1.62 bits per heavy atom. The zero-order valence-electron chi connectivity index (χ0n) is 16.3. The van der Waals surface area contributed by atoms with Crippen LogP contribution in [0.2, 0.25) is 0 Å². The first-order valence-electron chi connectivity index (χ1n) is 10.1. The minimum Gasteiger partial charge on any atom is -0.326 e. The van der Waals surface area contributed by atoms with Crippen molar-refractivity contribution < 1.29 is 9.59 Å². The molecule has 1 aliphatic carbocycles. The third-order valence-electron chi connectivity index (χ3n) is 5.71. The van der Waals surface area contributed by atoms with E-state index in [4.69, 9.17) is 5.26 Å². The number of nitrogens with zero attached hydrogens (tertiary/aromatic N) is 2. The number of hydrogen-bond acceptors (Lipinski definition) is 3. The molecule has 1 heterocycles. The Balaban J connectivity index is 1.30. The molecule has 0 bridgehead atoms. The van der Waals surface area contributed by atoms with Crippen LogP contribution in [0.1, 0.15) is 48.8 Å². The van der Waals surface area contributed by atoms with Crippen LogP contribution in [0.3, 0.4) is 0 Å². The normalized spacial score (nSPS) is 15.6. The average Bonchev–Trinajstić information content (AvgIpc) is 3.38. The van der Waals surface area contributed by atoms with Crippen LogP contribution in [0, 0.1) is 17.2 Å². The highest BCUT2D eigenvalue weighted by atomic mass is 16.2. The van der Waals surface area contributed by atoms with E-state index in [2.05, 4.69) is 16.7 Å². The summed E-state index contributed by atoms with van der Waals surface area (Å²) in [6.45, 7) is 1.02. The molecule has 0 radical (unpaired) electrons. The van der Waals surface area contributed by atoms with Gasteiger partial charge in [0.1, 0.15) is 0 Å². The first kappa shape index (κ1) is 19.0. The van der Waals surface area contributed by atoms with Gasteiger partial charge in [0.05, 0.1) is 11.6 Å². The first-order valence-corrected chi connectivity index (χ1v) is 10.1. The predicted octanol–water partition coefficient (Wildman–Crippen LogP) is 4.62. The Kier molecular flexibility index (Phi) is 5.48. The van der Waals surface area contributed by atoms with Gasteiger partial charge in [0.15, 0.2) is 0 Å². The second-order valence-electron chi connectivity index (χ2n) is 7.86. The minimum atomic E-state index is -0.183. The number of rotatable bonds is 4. The maximum absolute atomic E-state index is 12.6. The third-order valence-corrected chi connectivity index (χ3v) is 5.71. The standard InChI is InChI=1S/C23H24N4O2/c24-13-17-5-6-18-14-27(15-19(18)11-17)23(29)26-21-9-7-20(8-10-21)25-22(28)12-16-3-1-2-4-16/h5-11,16H,1-4,12,14-15H2,(H,25,28)(H,26,29). The van der Waals surface area contributed by atoms with Gasteiger partial charge in [-0.15, -0.1) is 0 Å². The van der Waals surface area contributed by atoms with Gasteiger partial charge in [-0.25, -0.2) is 4.79 Å². The molecule has 0 aromatic heterocycles. The summed E-state index contributed by atoms with van der Waals surface area (Å²) in [6, 6.07) is 14.7. The van der Waals surface area contributed by atoms with Gasteiger partial charge in [-0.05, 0) is 66.3 Å². The van der Waals surface area contributed by atoms with Crippen LogP contribution in [-0.2, 0) is 17.9 Å². The van der Waals surface area contributed by atoms with Crippen LogP contribution in [0.5, 0.6) is 0 Å². The van der Waals surface area contributed by atoms with Gasteiger partial charge in [0, 0.05) is 30.9 Å². The topological polar surface area (TPSA) is 85.2 Å². The van der Waals surface area contributed by atoms with Crippen molar-refractivity contribution in [2.24, 2.45) is 5.92 Å². The maximum atomic E-state index is 12.6. The fraction of sp³-hybridized carbons (Fsp3) is 0.348. The van der Waals surface area contributed by atoms with Crippen LogP contribution in [-0.4, -0.2) is 16.8 Å². The molecule has 148 valence electrons. The lowest BCUT2D eigenvalue weighted by atomic mass is 10.0. The Morgan fingerprint density at radius 1 is 0.966 bits per heavy atom. The smallest absolute Gasteiger partial charge is 0.322 e. The molecule has 6 heteroatoms. The van der Waals surface area contributed by atoms with Gasteiger partial charge >= 0.3 is 6.03 Å². The number of carbonyl (C=O) groups is 2. The lowest BCUT2D eigenvalue weighted by Gasteiger charge is -2.16. The van der Waals surface area contributed by atoms with Crippen molar-refractivity contribution in [2.45, 2.75) is 45.2 Å². The van der Waals surface area contributed by atoms with E-state index >= 15 is 0 Å². The Labute approximate surface area is 170 Å². The van der Waals surface area contributed by atoms with Crippen molar-refractivity contribution in [2.75, 3.05) is 10.6 Å². The van der Waals surface area contributed by atoms with Gasteiger partial charge in [-0.2, -0.15) is 5.26 Å². The number of hydrogen-bond donors (Lipinski definition) is 2. The lowest BCUT2D eigenvalue weighted by Crippen LogP contribution is -2.30. The highest BCUT2D eigenvalue weighted by Gasteiger charge is 2.23. The monoisotopic (exact) mass is 388 g/mol. The number of nitriles is 1. The van der Waals surface area contributed by atoms with Gasteiger partial charge < -0.3 is 15.5 Å². The maximum Gasteiger partial charge on any atom is 0.322 e. The molecule has 4 rings (SSSR count).